The van der Waals surface area contributed by atoms with E-state index in [4.69, 9.17) is 17.0 Å². The minimum atomic E-state index is -3.68. The number of sulfonamides is 1. The van der Waals surface area contributed by atoms with Crippen molar-refractivity contribution in [3.05, 3.63) is 48.5 Å². The van der Waals surface area contributed by atoms with Crippen molar-refractivity contribution >= 4 is 38.7 Å². The molecule has 1 saturated carbocycles. The Bertz CT molecular complexity index is 960. The van der Waals surface area contributed by atoms with Crippen molar-refractivity contribution in [1.82, 2.24) is 5.32 Å². The number of rotatable bonds is 6. The summed E-state index contributed by atoms with van der Waals surface area (Å²) in [6, 6.07) is 13.6. The Hall–Kier alpha value is -2.32. The molecule has 0 radical (unpaired) electrons. The minimum Gasteiger partial charge on any atom is -0.497 e. The molecular formula is C22H29N3O3S2. The summed E-state index contributed by atoms with van der Waals surface area (Å²) < 4.78 is 32.9. The zero-order chi connectivity index (χ0) is 21.7. The number of hydrogen-bond donors (Lipinski definition) is 3. The average Bonchev–Trinajstić information content (AvgIpc) is 2.72. The first-order valence-corrected chi connectivity index (χ1v) is 12.0. The van der Waals surface area contributed by atoms with Crippen LogP contribution in [0.3, 0.4) is 0 Å². The summed E-state index contributed by atoms with van der Waals surface area (Å²) in [7, 11) is -2.12. The second kappa shape index (κ2) is 9.66. The van der Waals surface area contributed by atoms with Crippen LogP contribution in [0, 0.1) is 11.8 Å². The van der Waals surface area contributed by atoms with Gasteiger partial charge in [0.1, 0.15) is 5.75 Å². The number of methoxy groups -OCH3 is 1. The number of hydrogen-bond acceptors (Lipinski definition) is 4. The van der Waals surface area contributed by atoms with Crippen molar-refractivity contribution in [2.45, 2.75) is 44.0 Å². The van der Waals surface area contributed by atoms with Gasteiger partial charge in [-0.3, -0.25) is 4.72 Å². The first-order valence-electron chi connectivity index (χ1n) is 10.1. The zero-order valence-electron chi connectivity index (χ0n) is 17.5. The second-order valence-corrected chi connectivity index (χ2v) is 9.92. The largest absolute Gasteiger partial charge is 0.497 e. The molecule has 2 aromatic rings. The standard InChI is InChI=1S/C22H29N3O3S2/c1-15-5-4-6-21(16(15)2)24-22(29)23-17-9-13-20(14-10-17)30(26,27)25-18-7-11-19(28-3)12-8-18/h7-16,21,25H,4-6H2,1-3H3,(H2,23,24,29)/t15-,16-,21+/m0/s1. The lowest BCUT2D eigenvalue weighted by Gasteiger charge is -2.35. The van der Waals surface area contributed by atoms with Crippen LogP contribution in [0.2, 0.25) is 0 Å². The molecule has 3 atom stereocenters. The van der Waals surface area contributed by atoms with Gasteiger partial charge in [0.25, 0.3) is 10.0 Å². The van der Waals surface area contributed by atoms with Crippen LogP contribution in [-0.4, -0.2) is 26.7 Å². The van der Waals surface area contributed by atoms with Gasteiger partial charge in [0.2, 0.25) is 0 Å². The molecule has 2 aromatic carbocycles. The highest BCUT2D eigenvalue weighted by atomic mass is 32.2. The fourth-order valence-electron chi connectivity index (χ4n) is 3.71. The van der Waals surface area contributed by atoms with Crippen LogP contribution in [0.25, 0.3) is 0 Å². The van der Waals surface area contributed by atoms with E-state index >= 15 is 0 Å². The third-order valence-corrected chi connectivity index (χ3v) is 7.41. The van der Waals surface area contributed by atoms with Crippen molar-refractivity contribution in [3.63, 3.8) is 0 Å². The maximum Gasteiger partial charge on any atom is 0.261 e. The van der Waals surface area contributed by atoms with Crippen LogP contribution in [0.15, 0.2) is 53.4 Å². The molecule has 0 heterocycles. The molecule has 6 nitrogen and oxygen atoms in total. The van der Waals surface area contributed by atoms with Gasteiger partial charge in [-0.1, -0.05) is 26.7 Å². The van der Waals surface area contributed by atoms with E-state index < -0.39 is 10.0 Å². The van der Waals surface area contributed by atoms with E-state index in [1.165, 1.54) is 12.8 Å². The molecule has 0 amide bonds. The topological polar surface area (TPSA) is 79.5 Å². The van der Waals surface area contributed by atoms with Crippen LogP contribution in [-0.2, 0) is 10.0 Å². The molecule has 0 aromatic heterocycles. The zero-order valence-corrected chi connectivity index (χ0v) is 19.1. The highest BCUT2D eigenvalue weighted by molar-refractivity contribution is 7.92. The van der Waals surface area contributed by atoms with Gasteiger partial charge in [-0.05, 0) is 79.0 Å². The van der Waals surface area contributed by atoms with Crippen LogP contribution in [0.1, 0.15) is 33.1 Å². The van der Waals surface area contributed by atoms with E-state index in [0.29, 0.717) is 34.4 Å². The Morgan fingerprint density at radius 1 is 1.00 bits per heavy atom. The lowest BCUT2D eigenvalue weighted by Crippen LogP contribution is -2.45. The predicted octanol–water partition coefficient (Wildman–Crippen LogP) is 4.61. The average molecular weight is 448 g/mol. The summed E-state index contributed by atoms with van der Waals surface area (Å²) >= 11 is 5.46. The molecule has 0 aliphatic heterocycles. The third kappa shape index (κ3) is 5.64. The van der Waals surface area contributed by atoms with E-state index in [1.54, 1.807) is 55.6 Å². The number of thiocarbonyl (C=S) groups is 1. The van der Waals surface area contributed by atoms with E-state index in [9.17, 15) is 8.42 Å². The second-order valence-electron chi connectivity index (χ2n) is 7.83. The Morgan fingerprint density at radius 3 is 2.27 bits per heavy atom. The van der Waals surface area contributed by atoms with Crippen LogP contribution in [0.4, 0.5) is 11.4 Å². The molecule has 3 rings (SSSR count). The van der Waals surface area contributed by atoms with Crippen molar-refractivity contribution < 1.29 is 13.2 Å². The molecule has 0 unspecified atom stereocenters. The van der Waals surface area contributed by atoms with E-state index in [-0.39, 0.29) is 4.90 Å². The molecule has 1 fully saturated rings. The molecule has 162 valence electrons. The Kier molecular flexibility index (Phi) is 7.20. The maximum absolute atomic E-state index is 12.6. The van der Waals surface area contributed by atoms with Crippen LogP contribution >= 0.6 is 12.2 Å². The van der Waals surface area contributed by atoms with Crippen molar-refractivity contribution in [2.75, 3.05) is 17.1 Å². The molecule has 1 aliphatic rings. The SMILES string of the molecule is COc1ccc(NS(=O)(=O)c2ccc(NC(=S)N[C@@H]3CCC[C@H](C)[C@@H]3C)cc2)cc1. The lowest BCUT2D eigenvalue weighted by molar-refractivity contribution is 0.225. The summed E-state index contributed by atoms with van der Waals surface area (Å²) in [5.74, 6) is 1.91. The smallest absolute Gasteiger partial charge is 0.261 e. The Labute approximate surface area is 184 Å². The van der Waals surface area contributed by atoms with E-state index in [2.05, 4.69) is 29.2 Å². The minimum absolute atomic E-state index is 0.178. The molecule has 30 heavy (non-hydrogen) atoms. The van der Waals surface area contributed by atoms with Gasteiger partial charge < -0.3 is 15.4 Å². The number of benzene rings is 2. The fraction of sp³-hybridized carbons (Fsp3) is 0.409. The molecular weight excluding hydrogens is 418 g/mol. The summed E-state index contributed by atoms with van der Waals surface area (Å²) in [4.78, 5) is 0.178. The molecule has 0 saturated heterocycles. The molecule has 8 heteroatoms. The van der Waals surface area contributed by atoms with Gasteiger partial charge >= 0.3 is 0 Å². The highest BCUT2D eigenvalue weighted by Gasteiger charge is 2.27. The van der Waals surface area contributed by atoms with Crippen molar-refractivity contribution in [3.8, 4) is 5.75 Å². The van der Waals surface area contributed by atoms with E-state index in [1.807, 2.05) is 0 Å². The maximum atomic E-state index is 12.6. The third-order valence-electron chi connectivity index (χ3n) is 5.79. The van der Waals surface area contributed by atoms with Crippen LogP contribution in [0.5, 0.6) is 5.75 Å². The monoisotopic (exact) mass is 447 g/mol. The normalized spacial score (nSPS) is 21.5. The van der Waals surface area contributed by atoms with Crippen LogP contribution < -0.4 is 20.1 Å². The summed E-state index contributed by atoms with van der Waals surface area (Å²) in [5.41, 5.74) is 1.21. The number of ether oxygens (including phenoxy) is 1. The molecule has 3 N–H and O–H groups in total. The summed E-state index contributed by atoms with van der Waals surface area (Å²) in [6.07, 6.45) is 3.58. The van der Waals surface area contributed by atoms with Gasteiger partial charge in [-0.2, -0.15) is 0 Å². The highest BCUT2D eigenvalue weighted by Crippen LogP contribution is 2.29. The van der Waals surface area contributed by atoms with Gasteiger partial charge in [0.05, 0.1) is 12.0 Å². The quantitative estimate of drug-likeness (QED) is 0.562. The number of anilines is 2. The van der Waals surface area contributed by atoms with Crippen molar-refractivity contribution in [1.29, 1.82) is 0 Å². The summed E-state index contributed by atoms with van der Waals surface area (Å²) in [6.45, 7) is 4.55. The summed E-state index contributed by atoms with van der Waals surface area (Å²) in [5, 5.41) is 7.13. The Morgan fingerprint density at radius 2 is 1.63 bits per heavy atom. The molecule has 1 aliphatic carbocycles. The van der Waals surface area contributed by atoms with Gasteiger partial charge in [0.15, 0.2) is 5.11 Å². The lowest BCUT2D eigenvalue weighted by atomic mass is 9.78. The van der Waals surface area contributed by atoms with E-state index in [0.717, 1.165) is 12.1 Å². The molecule has 0 bridgehead atoms. The van der Waals surface area contributed by atoms with Gasteiger partial charge in [-0.15, -0.1) is 0 Å². The molecule has 0 spiro atoms. The predicted molar refractivity (Wildman–Crippen MR) is 126 cm³/mol. The first kappa shape index (κ1) is 22.4. The Balaban J connectivity index is 1.60. The first-order chi connectivity index (χ1) is 14.3. The van der Waals surface area contributed by atoms with Gasteiger partial charge in [0, 0.05) is 17.4 Å². The van der Waals surface area contributed by atoms with Gasteiger partial charge in [-0.25, -0.2) is 8.42 Å². The fourth-order valence-corrected chi connectivity index (χ4v) is 5.04. The van der Waals surface area contributed by atoms with Crippen molar-refractivity contribution in [2.24, 2.45) is 11.8 Å². The number of nitrogens with one attached hydrogen (secondary N) is 3.